The molecule has 0 fully saturated rings. The summed E-state index contributed by atoms with van der Waals surface area (Å²) in [5, 5.41) is 20.6. The van der Waals surface area contributed by atoms with E-state index in [-0.39, 0.29) is 62.9 Å². The van der Waals surface area contributed by atoms with E-state index in [1.807, 2.05) is 215 Å². The zero-order valence-electron chi connectivity index (χ0n) is 76.2. The van der Waals surface area contributed by atoms with Crippen molar-refractivity contribution >= 4 is 35.9 Å². The van der Waals surface area contributed by atoms with Crippen molar-refractivity contribution in [1.82, 2.24) is 5.32 Å². The number of amides is 1. The number of ether oxygens (including phenoxy) is 11. The van der Waals surface area contributed by atoms with Crippen LogP contribution in [0.4, 0.5) is 4.79 Å². The Hall–Kier alpha value is -14.7. The molecule has 0 aliphatic carbocycles. The fourth-order valence-corrected chi connectivity index (χ4v) is 9.63. The Labute approximate surface area is 770 Å². The molecule has 0 spiro atoms. The molecule has 0 aliphatic rings. The molecule has 0 saturated carbocycles. The minimum absolute atomic E-state index is 0.136. The average molecular weight is 1770 g/mol. The SMILES string of the molecule is C(=C/COCc1ccccc1)/COCc1ccccc1.C=CCNC(=O)OC(C)(C)C.C=CCOC(=O)c1ccccc1.C=CCOCc1ccccc1.C=CCc1ccc(O)cc1.C=CCc1ccc(OC)cc1.C=CCc1ccccc1O.C=CCc1ccccc1OC.CC(=O)OC/C=C\COC(C)=O.O=C(OC/C=C\COC(=O)c1ccccc1)c1ccccc1. The number of aromatic hydroxyl groups is 2. The molecule has 1 amide bonds. The van der Waals surface area contributed by atoms with Gasteiger partial charge < -0.3 is 67.6 Å². The molecule has 130 heavy (non-hydrogen) atoms. The molecule has 20 nitrogen and oxygen atoms in total. The molecule has 0 unspecified atom stereocenters. The Morgan fingerprint density at radius 1 is 0.323 bits per heavy atom. The van der Waals surface area contributed by atoms with Gasteiger partial charge in [-0.05, 0) is 182 Å². The highest BCUT2D eigenvalue weighted by Gasteiger charge is 2.15. The van der Waals surface area contributed by atoms with Gasteiger partial charge in [0.25, 0.3) is 0 Å². The molecular weight excluding hydrogens is 1640 g/mol. The number of esters is 5. The van der Waals surface area contributed by atoms with E-state index in [1.54, 1.807) is 154 Å². The Bertz CT molecular complexity index is 4670. The summed E-state index contributed by atoms with van der Waals surface area (Å²) >= 11 is 0. The second-order valence-electron chi connectivity index (χ2n) is 27.6. The van der Waals surface area contributed by atoms with Gasteiger partial charge in [0.15, 0.2) is 0 Å². The van der Waals surface area contributed by atoms with Gasteiger partial charge in [-0.2, -0.15) is 0 Å². The van der Waals surface area contributed by atoms with E-state index >= 15 is 0 Å². The minimum Gasteiger partial charge on any atom is -0.508 e. The zero-order chi connectivity index (χ0) is 95.6. The van der Waals surface area contributed by atoms with Gasteiger partial charge in [0.2, 0.25) is 0 Å². The van der Waals surface area contributed by atoms with Crippen molar-refractivity contribution in [1.29, 1.82) is 0 Å². The molecule has 0 saturated heterocycles. The largest absolute Gasteiger partial charge is 0.508 e. The number of carbonyl (C=O) groups is 6. The van der Waals surface area contributed by atoms with Crippen molar-refractivity contribution in [3.05, 3.63) is 460 Å². The number of nitrogens with one attached hydrogen (secondary N) is 1. The molecule has 10 aromatic rings. The molecule has 688 valence electrons. The van der Waals surface area contributed by atoms with E-state index in [1.165, 1.54) is 47.2 Å². The van der Waals surface area contributed by atoms with Crippen molar-refractivity contribution in [2.24, 2.45) is 0 Å². The number of carbonyl (C=O) groups excluding carboxylic acids is 6. The summed E-state index contributed by atoms with van der Waals surface area (Å²) in [4.78, 5) is 65.7. The summed E-state index contributed by atoms with van der Waals surface area (Å²) in [6.45, 7) is 38.4. The molecule has 20 heteroatoms. The average Bonchev–Trinajstić information content (AvgIpc) is 0.915. The third kappa shape index (κ3) is 63.3. The lowest BCUT2D eigenvalue weighted by atomic mass is 10.1. The first-order chi connectivity index (χ1) is 63.0. The normalized spacial score (nSPS) is 9.84. The smallest absolute Gasteiger partial charge is 0.407 e. The molecule has 0 bridgehead atoms. The molecule has 3 N–H and O–H groups in total. The summed E-state index contributed by atoms with van der Waals surface area (Å²) in [6.07, 6.45) is 25.7. The van der Waals surface area contributed by atoms with Gasteiger partial charge in [0.05, 0.1) is 70.6 Å². The van der Waals surface area contributed by atoms with Crippen LogP contribution in [0.3, 0.4) is 0 Å². The highest BCUT2D eigenvalue weighted by Crippen LogP contribution is 2.19. The van der Waals surface area contributed by atoms with Crippen LogP contribution in [0.5, 0.6) is 23.0 Å². The van der Waals surface area contributed by atoms with Crippen molar-refractivity contribution in [2.75, 3.05) is 73.6 Å². The number of allylic oxidation sites excluding steroid dienone is 4. The van der Waals surface area contributed by atoms with Crippen LogP contribution in [0, 0.1) is 0 Å². The van der Waals surface area contributed by atoms with E-state index in [4.69, 9.17) is 47.7 Å². The molecule has 0 aliphatic heterocycles. The van der Waals surface area contributed by atoms with Crippen molar-refractivity contribution in [3.63, 3.8) is 0 Å². The third-order valence-corrected chi connectivity index (χ3v) is 15.8. The number of benzene rings is 10. The van der Waals surface area contributed by atoms with Gasteiger partial charge in [-0.15, -0.1) is 39.5 Å². The van der Waals surface area contributed by atoms with Gasteiger partial charge in [0, 0.05) is 20.4 Å². The van der Waals surface area contributed by atoms with E-state index in [0.29, 0.717) is 74.4 Å². The van der Waals surface area contributed by atoms with E-state index in [9.17, 15) is 33.9 Å². The predicted molar refractivity (Wildman–Crippen MR) is 522 cm³/mol. The van der Waals surface area contributed by atoms with Crippen LogP contribution < -0.4 is 14.8 Å². The minimum atomic E-state index is -0.425. The first-order valence-electron chi connectivity index (χ1n) is 41.8. The number of hydrogen-bond acceptors (Lipinski definition) is 19. The predicted octanol–water partition coefficient (Wildman–Crippen LogP) is 23.1. The maximum absolute atomic E-state index is 11.6. The number of methoxy groups -OCH3 is 2. The highest BCUT2D eigenvalue weighted by atomic mass is 16.6. The molecule has 10 rings (SSSR count). The van der Waals surface area contributed by atoms with E-state index in [0.717, 1.165) is 42.7 Å². The van der Waals surface area contributed by atoms with E-state index in [2.05, 4.69) is 85.1 Å². The van der Waals surface area contributed by atoms with Crippen LogP contribution in [0.1, 0.15) is 105 Å². The summed E-state index contributed by atoms with van der Waals surface area (Å²) < 4.78 is 55.5. The third-order valence-electron chi connectivity index (χ3n) is 15.8. The number of phenolic OH excluding ortho intramolecular Hbond substituents is 2. The lowest BCUT2D eigenvalue weighted by molar-refractivity contribution is -0.141. The van der Waals surface area contributed by atoms with Crippen LogP contribution in [-0.2, 0) is 97.7 Å². The first-order valence-corrected chi connectivity index (χ1v) is 41.8. The lowest BCUT2D eigenvalue weighted by Crippen LogP contribution is -2.32. The summed E-state index contributed by atoms with van der Waals surface area (Å²) in [5.41, 5.74) is 9.30. The van der Waals surface area contributed by atoms with Crippen molar-refractivity contribution in [2.45, 2.75) is 85.7 Å². The van der Waals surface area contributed by atoms with Gasteiger partial charge in [-0.25, -0.2) is 19.2 Å². The van der Waals surface area contributed by atoms with Crippen LogP contribution in [0.25, 0.3) is 0 Å². The number of alkyl carbamates (subject to hydrolysis) is 1. The quantitative estimate of drug-likeness (QED) is 0.0141. The summed E-state index contributed by atoms with van der Waals surface area (Å²) in [6, 6.07) is 87.2. The maximum Gasteiger partial charge on any atom is 0.407 e. The van der Waals surface area contributed by atoms with Crippen LogP contribution in [-0.4, -0.2) is 125 Å². The van der Waals surface area contributed by atoms with Gasteiger partial charge in [-0.3, -0.25) is 9.59 Å². The molecule has 10 aromatic carbocycles. The Morgan fingerprint density at radius 2 is 0.646 bits per heavy atom. The number of hydrogen-bond donors (Lipinski definition) is 3. The summed E-state index contributed by atoms with van der Waals surface area (Å²) in [5.74, 6) is 0.772. The lowest BCUT2D eigenvalue weighted by Gasteiger charge is -2.19. The van der Waals surface area contributed by atoms with Crippen LogP contribution in [0.2, 0.25) is 0 Å². The summed E-state index contributed by atoms with van der Waals surface area (Å²) in [7, 11) is 3.35. The fraction of sp³-hybridized carbons (Fsp3) is 0.218. The Morgan fingerprint density at radius 3 is 0.992 bits per heavy atom. The standard InChI is InChI=1S/C18H16O4.C18H20O2.C10H10O2.3C10H12O.2C9H10O.C8H15NO2.C8H12O4/c19-17(15-9-3-1-4-10-15)21-13-7-8-14-22-18(20)16-11-5-2-6-12-16;1-3-9-17(10-4-1)15-19-13-7-8-14-20-16-18-11-5-2-6-12-18;1-2-8-12-10(11)9-6-4-3-5-7-9;1-3-6-9-7-4-5-8-10(9)11-2;1-3-4-9-5-7-10(11-2)8-6-9;1-2-8-11-9-10-6-4-3-5-7-10;1-2-5-8-6-3-4-7-9(8)10;1-2-3-8-4-6-9(10)7-5-8;1-5-6-9-7(10)11-8(2,3)4;1-7(9)11-5-3-4-6-12-8(2)10/h1-12H,13-14H2;1-12H,13-16H2;2-7H,1,8H2;3-5,7-8H,1,6H2,2H3;3,5-8H,1,4H2,2H3;2-7H,1,8-9H2;2-4,6-7,10H,1,5H2;2,4-7,10H,1,3H2;5H,1,6H2,2-4H3,(H,9,10);3-4H,5-6H2,1-2H3/b2*8-7-;;;;;;;;4-3-. The molecular formula is C110H129NO19. The molecule has 0 aromatic heterocycles. The van der Waals surface area contributed by atoms with Crippen molar-refractivity contribution < 1.29 is 91.1 Å². The monoisotopic (exact) mass is 1770 g/mol. The molecule has 0 radical (unpaired) electrons. The van der Waals surface area contributed by atoms with Gasteiger partial charge in [0.1, 0.15) is 61.6 Å². The number of rotatable bonds is 37. The maximum atomic E-state index is 11.6. The van der Waals surface area contributed by atoms with Gasteiger partial charge >= 0.3 is 35.9 Å². The zero-order valence-corrected chi connectivity index (χ0v) is 76.2. The number of phenols is 2. The highest BCUT2D eigenvalue weighted by molar-refractivity contribution is 5.90. The molecule has 0 heterocycles. The fourth-order valence-electron chi connectivity index (χ4n) is 9.63. The second kappa shape index (κ2) is 76.7. The van der Waals surface area contributed by atoms with E-state index < -0.39 is 11.7 Å². The molecule has 0 atom stereocenters. The Balaban J connectivity index is 0.000000732. The van der Waals surface area contributed by atoms with Crippen LogP contribution in [0.15, 0.2) is 404 Å². The first kappa shape index (κ1) is 113. The number of para-hydroxylation sites is 2. The Kier molecular flexibility index (Phi) is 66.9. The van der Waals surface area contributed by atoms with Gasteiger partial charge in [-0.1, -0.05) is 268 Å². The van der Waals surface area contributed by atoms with Crippen LogP contribution >= 0.6 is 0 Å². The topological polar surface area (TPSA) is 256 Å². The van der Waals surface area contributed by atoms with Crippen molar-refractivity contribution in [3.8, 4) is 23.0 Å². The second-order valence-corrected chi connectivity index (χ2v) is 27.6.